The van der Waals surface area contributed by atoms with Crippen LogP contribution in [0.4, 0.5) is 5.69 Å². The van der Waals surface area contributed by atoms with Gasteiger partial charge in [-0.1, -0.05) is 43.7 Å². The molecule has 6 N–H and O–H groups in total. The molecule has 12 heteroatoms. The molecule has 276 valence electrons. The van der Waals surface area contributed by atoms with Crippen molar-refractivity contribution in [1.82, 2.24) is 20.6 Å². The van der Waals surface area contributed by atoms with Crippen molar-refractivity contribution in [1.29, 1.82) is 0 Å². The fraction of sp³-hybridized carbons (Fsp3) is 0.415. The van der Waals surface area contributed by atoms with Crippen LogP contribution in [-0.4, -0.2) is 62.9 Å². The molecule has 1 atom stereocenters. The van der Waals surface area contributed by atoms with Gasteiger partial charge in [0.1, 0.15) is 5.82 Å². The van der Waals surface area contributed by atoms with Crippen LogP contribution >= 0.6 is 0 Å². The highest BCUT2D eigenvalue weighted by Gasteiger charge is 2.50. The van der Waals surface area contributed by atoms with Gasteiger partial charge in [0, 0.05) is 25.2 Å². The Bertz CT molecular complexity index is 2010. The highest BCUT2D eigenvalue weighted by Crippen LogP contribution is 2.59. The van der Waals surface area contributed by atoms with Gasteiger partial charge in [-0.15, -0.1) is 0 Å². The number of fused-ring (bicyclic) bond motifs is 1. The number of anilines is 1. The van der Waals surface area contributed by atoms with Crippen molar-refractivity contribution in [3.05, 3.63) is 94.3 Å². The van der Waals surface area contributed by atoms with Crippen molar-refractivity contribution in [2.45, 2.75) is 70.6 Å². The molecule has 0 radical (unpaired) electrons. The van der Waals surface area contributed by atoms with Gasteiger partial charge in [-0.25, -0.2) is 14.6 Å². The van der Waals surface area contributed by atoms with Crippen LogP contribution in [0.5, 0.6) is 0 Å². The van der Waals surface area contributed by atoms with Gasteiger partial charge in [-0.2, -0.15) is 0 Å². The third kappa shape index (κ3) is 7.81. The summed E-state index contributed by atoms with van der Waals surface area (Å²) in [4.78, 5) is 73.3. The zero-order chi connectivity index (χ0) is 37.3. The SMILES string of the molecule is CCCCc1nc2cc(C(=O)NCC(C(=O)Nc3cc(C(=O)O)cc(C(=O)O)c3)c3ccccc3)c(C(=O)NCC34CC5CC(CC(C5)C3)C4)cc2[nH]1. The van der Waals surface area contributed by atoms with Gasteiger partial charge in [-0.05, 0) is 104 Å². The van der Waals surface area contributed by atoms with Crippen molar-refractivity contribution in [2.75, 3.05) is 18.4 Å². The van der Waals surface area contributed by atoms with Crippen LogP contribution in [0.3, 0.4) is 0 Å². The maximum atomic E-state index is 14.1. The summed E-state index contributed by atoms with van der Waals surface area (Å²) in [6.45, 7) is 2.50. The molecule has 3 aromatic carbocycles. The molecule has 12 nitrogen and oxygen atoms in total. The van der Waals surface area contributed by atoms with E-state index in [9.17, 15) is 34.2 Å². The minimum Gasteiger partial charge on any atom is -0.478 e. The van der Waals surface area contributed by atoms with Crippen LogP contribution in [0.1, 0.15) is 117 Å². The number of aryl methyl sites for hydroxylation is 1. The number of imidazole rings is 1. The molecule has 1 aromatic heterocycles. The third-order valence-electron chi connectivity index (χ3n) is 11.4. The Morgan fingerprint density at radius 1 is 0.830 bits per heavy atom. The van der Waals surface area contributed by atoms with Gasteiger partial charge < -0.3 is 31.1 Å². The number of aromatic amines is 1. The monoisotopic (exact) mass is 719 g/mol. The molecular formula is C41H45N5O7. The van der Waals surface area contributed by atoms with Crippen molar-refractivity contribution in [2.24, 2.45) is 23.2 Å². The second-order valence-electron chi connectivity index (χ2n) is 15.4. The summed E-state index contributed by atoms with van der Waals surface area (Å²) in [5.41, 5.74) is 1.64. The second-order valence-corrected chi connectivity index (χ2v) is 15.4. The van der Waals surface area contributed by atoms with Gasteiger partial charge in [0.25, 0.3) is 11.8 Å². The number of carboxylic acids is 2. The first-order chi connectivity index (χ1) is 25.5. The van der Waals surface area contributed by atoms with Gasteiger partial charge in [0.15, 0.2) is 0 Å². The van der Waals surface area contributed by atoms with Crippen molar-refractivity contribution < 1.29 is 34.2 Å². The maximum Gasteiger partial charge on any atom is 0.335 e. The van der Waals surface area contributed by atoms with E-state index in [1.165, 1.54) is 31.4 Å². The van der Waals surface area contributed by atoms with E-state index in [1.54, 1.807) is 42.5 Å². The first kappa shape index (κ1) is 35.9. The van der Waals surface area contributed by atoms with E-state index >= 15 is 0 Å². The van der Waals surface area contributed by atoms with E-state index in [-0.39, 0.29) is 45.8 Å². The maximum absolute atomic E-state index is 14.1. The standard InChI is InChI=1S/C41H45N5O7/c1-2-3-9-35-45-33-16-30(31(17-34(33)46-35)37(48)43-22-41-18-23-10-24(19-41)12-25(11-23)20-41)36(47)42-21-32(26-7-5-4-6-8-26)38(49)44-29-14-27(39(50)51)13-28(15-29)40(52)53/h4-8,13-17,23-25,32H,2-3,9-12,18-22H2,1H3,(H,42,47)(H,43,48)(H,44,49)(H,45,46)(H,50,51)(H,52,53). The molecule has 8 rings (SSSR count). The van der Waals surface area contributed by atoms with Gasteiger partial charge in [-0.3, -0.25) is 14.4 Å². The average Bonchev–Trinajstić information content (AvgIpc) is 3.54. The van der Waals surface area contributed by atoms with E-state index in [0.717, 1.165) is 68.2 Å². The number of hydrogen-bond acceptors (Lipinski definition) is 6. The van der Waals surface area contributed by atoms with Crippen LogP contribution in [0.25, 0.3) is 11.0 Å². The Labute approximate surface area is 307 Å². The molecule has 0 spiro atoms. The lowest BCUT2D eigenvalue weighted by atomic mass is 9.49. The zero-order valence-electron chi connectivity index (χ0n) is 29.7. The van der Waals surface area contributed by atoms with E-state index < -0.39 is 29.7 Å². The molecule has 4 saturated carbocycles. The molecule has 3 amide bonds. The first-order valence-electron chi connectivity index (χ1n) is 18.6. The summed E-state index contributed by atoms with van der Waals surface area (Å²) >= 11 is 0. The van der Waals surface area contributed by atoms with Crippen molar-refractivity contribution in [3.8, 4) is 0 Å². The molecule has 1 heterocycles. The highest BCUT2D eigenvalue weighted by atomic mass is 16.4. The number of carboxylic acid groups (broad SMARTS) is 2. The van der Waals surface area contributed by atoms with Crippen LogP contribution in [0, 0.1) is 23.2 Å². The molecule has 4 aliphatic rings. The normalized spacial score (nSPS) is 21.9. The van der Waals surface area contributed by atoms with Crippen molar-refractivity contribution >= 4 is 46.4 Å². The molecule has 53 heavy (non-hydrogen) atoms. The molecule has 4 aromatic rings. The second kappa shape index (κ2) is 14.8. The fourth-order valence-electron chi connectivity index (χ4n) is 9.33. The number of carbonyl (C=O) groups is 5. The number of H-pyrrole nitrogens is 1. The first-order valence-corrected chi connectivity index (χ1v) is 18.6. The Morgan fingerprint density at radius 3 is 2.04 bits per heavy atom. The smallest absolute Gasteiger partial charge is 0.335 e. The summed E-state index contributed by atoms with van der Waals surface area (Å²) < 4.78 is 0. The summed E-state index contributed by atoms with van der Waals surface area (Å²) in [5, 5.41) is 27.8. The summed E-state index contributed by atoms with van der Waals surface area (Å²) in [7, 11) is 0. The summed E-state index contributed by atoms with van der Waals surface area (Å²) in [6, 6.07) is 15.4. The molecular weight excluding hydrogens is 674 g/mol. The van der Waals surface area contributed by atoms with E-state index in [1.807, 2.05) is 0 Å². The minimum atomic E-state index is -1.35. The number of aromatic carboxylic acids is 2. The number of amides is 3. The van der Waals surface area contributed by atoms with Crippen LogP contribution in [-0.2, 0) is 11.2 Å². The topological polar surface area (TPSA) is 191 Å². The van der Waals surface area contributed by atoms with Gasteiger partial charge >= 0.3 is 11.9 Å². The molecule has 0 aliphatic heterocycles. The number of aromatic nitrogens is 2. The van der Waals surface area contributed by atoms with Crippen molar-refractivity contribution in [3.63, 3.8) is 0 Å². The van der Waals surface area contributed by atoms with E-state index in [4.69, 9.17) is 4.98 Å². The molecule has 4 aliphatic carbocycles. The van der Waals surface area contributed by atoms with E-state index in [0.29, 0.717) is 23.1 Å². The highest BCUT2D eigenvalue weighted by molar-refractivity contribution is 6.10. The van der Waals surface area contributed by atoms with Crippen LogP contribution in [0.2, 0.25) is 0 Å². The van der Waals surface area contributed by atoms with Gasteiger partial charge in [0.05, 0.1) is 39.2 Å². The number of hydrogen-bond donors (Lipinski definition) is 6. The summed E-state index contributed by atoms with van der Waals surface area (Å²) in [6.07, 6.45) is 9.96. The lowest BCUT2D eigenvalue weighted by Crippen LogP contribution is -2.51. The van der Waals surface area contributed by atoms with Crippen LogP contribution in [0.15, 0.2) is 60.7 Å². The lowest BCUT2D eigenvalue weighted by Gasteiger charge is -2.56. The Kier molecular flexibility index (Phi) is 10.0. The van der Waals surface area contributed by atoms with Crippen LogP contribution < -0.4 is 16.0 Å². The lowest BCUT2D eigenvalue weighted by molar-refractivity contribution is -0.117. The number of nitrogens with zero attached hydrogens (tertiary/aromatic N) is 1. The average molecular weight is 720 g/mol. The number of carbonyl (C=O) groups excluding carboxylic acids is 3. The number of nitrogens with one attached hydrogen (secondary N) is 4. The Morgan fingerprint density at radius 2 is 1.43 bits per heavy atom. The Balaban J connectivity index is 1.14. The Hall–Kier alpha value is -5.52. The molecule has 4 fully saturated rings. The summed E-state index contributed by atoms with van der Waals surface area (Å²) in [5.74, 6) is -2.15. The predicted octanol–water partition coefficient (Wildman–Crippen LogP) is 6.40. The fourth-order valence-corrected chi connectivity index (χ4v) is 9.33. The minimum absolute atomic E-state index is 0.0135. The third-order valence-corrected chi connectivity index (χ3v) is 11.4. The molecule has 0 saturated heterocycles. The predicted molar refractivity (Wildman–Crippen MR) is 198 cm³/mol. The number of unbranched alkanes of at least 4 members (excludes halogenated alkanes) is 1. The number of rotatable bonds is 14. The van der Waals surface area contributed by atoms with Gasteiger partial charge in [0.2, 0.25) is 5.91 Å². The molecule has 1 unspecified atom stereocenters. The largest absolute Gasteiger partial charge is 0.478 e. The zero-order valence-corrected chi connectivity index (χ0v) is 29.7. The quantitative estimate of drug-likeness (QED) is 0.0863. The van der Waals surface area contributed by atoms with E-state index in [2.05, 4.69) is 27.9 Å². The molecule has 4 bridgehead atoms. The number of benzene rings is 3.